The summed E-state index contributed by atoms with van der Waals surface area (Å²) in [6.45, 7) is 0.857. The fourth-order valence-corrected chi connectivity index (χ4v) is 2.66. The normalized spacial score (nSPS) is 29.1. The summed E-state index contributed by atoms with van der Waals surface area (Å²) < 4.78 is 4.75. The molecule has 0 bridgehead atoms. The Morgan fingerprint density at radius 3 is 2.95 bits per heavy atom. The largest absolute Gasteiger partial charge is 0.469 e. The van der Waals surface area contributed by atoms with Gasteiger partial charge < -0.3 is 4.74 Å². The molecule has 1 saturated carbocycles. The van der Waals surface area contributed by atoms with E-state index in [1.54, 1.807) is 0 Å². The van der Waals surface area contributed by atoms with Gasteiger partial charge in [0.2, 0.25) is 0 Å². The molecule has 0 saturated heterocycles. The van der Waals surface area contributed by atoms with Gasteiger partial charge in [-0.05, 0) is 25.0 Å². The maximum Gasteiger partial charge on any atom is 0.308 e. The van der Waals surface area contributed by atoms with Gasteiger partial charge in [-0.3, -0.25) is 14.8 Å². The molecule has 0 radical (unpaired) electrons. The van der Waals surface area contributed by atoms with E-state index < -0.39 is 0 Å². The summed E-state index contributed by atoms with van der Waals surface area (Å²) in [6.07, 6.45) is 5.45. The van der Waals surface area contributed by atoms with Crippen molar-refractivity contribution in [3.05, 3.63) is 30.1 Å². The zero-order valence-corrected chi connectivity index (χ0v) is 10.9. The SMILES string of the molecule is COC(=O)[C@H]1C[C@H](N2CC(c3ccccn3)C=N2)C1. The highest BCUT2D eigenvalue weighted by molar-refractivity contribution is 5.73. The van der Waals surface area contributed by atoms with E-state index in [4.69, 9.17) is 4.74 Å². The van der Waals surface area contributed by atoms with Crippen LogP contribution in [0.3, 0.4) is 0 Å². The lowest BCUT2D eigenvalue weighted by Crippen LogP contribution is -2.44. The van der Waals surface area contributed by atoms with Gasteiger partial charge in [0.25, 0.3) is 0 Å². The molecule has 3 rings (SSSR count). The summed E-state index contributed by atoms with van der Waals surface area (Å²) in [5.41, 5.74) is 1.05. The summed E-state index contributed by atoms with van der Waals surface area (Å²) in [4.78, 5) is 15.7. The second kappa shape index (κ2) is 4.99. The van der Waals surface area contributed by atoms with E-state index >= 15 is 0 Å². The predicted octanol–water partition coefficient (Wildman–Crippen LogP) is 1.42. The van der Waals surface area contributed by atoms with Crippen LogP contribution < -0.4 is 0 Å². The Labute approximate surface area is 112 Å². The smallest absolute Gasteiger partial charge is 0.308 e. The van der Waals surface area contributed by atoms with Gasteiger partial charge in [-0.15, -0.1) is 0 Å². The van der Waals surface area contributed by atoms with Gasteiger partial charge in [-0.25, -0.2) is 0 Å². The Kier molecular flexibility index (Phi) is 3.19. The number of carbonyl (C=O) groups is 1. The Balaban J connectivity index is 1.54. The number of hydrogen-bond acceptors (Lipinski definition) is 5. The summed E-state index contributed by atoms with van der Waals surface area (Å²) in [6, 6.07) is 6.31. The molecule has 2 aliphatic rings. The van der Waals surface area contributed by atoms with Crippen LogP contribution in [0.15, 0.2) is 29.5 Å². The first-order chi connectivity index (χ1) is 9.28. The molecular formula is C14H17N3O2. The molecular weight excluding hydrogens is 242 g/mol. The lowest BCUT2D eigenvalue weighted by Gasteiger charge is -2.38. The topological polar surface area (TPSA) is 54.8 Å². The zero-order valence-electron chi connectivity index (χ0n) is 10.9. The van der Waals surface area contributed by atoms with E-state index in [0.717, 1.165) is 25.1 Å². The minimum atomic E-state index is -0.0966. The first-order valence-electron chi connectivity index (χ1n) is 6.57. The van der Waals surface area contributed by atoms with Gasteiger partial charge in [0.1, 0.15) is 0 Å². The number of pyridine rings is 1. The number of esters is 1. The molecule has 0 aromatic carbocycles. The van der Waals surface area contributed by atoms with Crippen LogP contribution in [0.5, 0.6) is 0 Å². The first-order valence-corrected chi connectivity index (χ1v) is 6.57. The number of aromatic nitrogens is 1. The van der Waals surface area contributed by atoms with Crippen LogP contribution in [0.4, 0.5) is 0 Å². The van der Waals surface area contributed by atoms with E-state index in [2.05, 4.69) is 15.1 Å². The molecule has 0 N–H and O–H groups in total. The van der Waals surface area contributed by atoms with Crippen LogP contribution in [-0.4, -0.2) is 41.9 Å². The van der Waals surface area contributed by atoms with Crippen LogP contribution >= 0.6 is 0 Å². The predicted molar refractivity (Wildman–Crippen MR) is 70.7 cm³/mol. The van der Waals surface area contributed by atoms with Crippen molar-refractivity contribution in [2.24, 2.45) is 11.0 Å². The second-order valence-corrected chi connectivity index (χ2v) is 5.09. The van der Waals surface area contributed by atoms with Crippen LogP contribution in [0.1, 0.15) is 24.5 Å². The molecule has 1 atom stereocenters. The third-order valence-electron chi connectivity index (χ3n) is 3.92. The van der Waals surface area contributed by atoms with E-state index in [9.17, 15) is 4.79 Å². The maximum atomic E-state index is 11.4. The number of ether oxygens (including phenoxy) is 1. The minimum Gasteiger partial charge on any atom is -0.469 e. The van der Waals surface area contributed by atoms with Gasteiger partial charge in [0.05, 0.1) is 24.6 Å². The molecule has 2 heterocycles. The third kappa shape index (κ3) is 2.32. The van der Waals surface area contributed by atoms with Crippen molar-refractivity contribution < 1.29 is 9.53 Å². The summed E-state index contributed by atoms with van der Waals surface area (Å²) in [5.74, 6) is 0.221. The molecule has 0 spiro atoms. The Hall–Kier alpha value is -1.91. The molecule has 0 amide bonds. The van der Waals surface area contributed by atoms with Gasteiger partial charge in [-0.1, -0.05) is 6.07 Å². The molecule has 1 aliphatic heterocycles. The molecule has 100 valence electrons. The number of nitrogens with zero attached hydrogens (tertiary/aromatic N) is 3. The average molecular weight is 259 g/mol. The molecule has 1 fully saturated rings. The van der Waals surface area contributed by atoms with Crippen molar-refractivity contribution in [2.75, 3.05) is 13.7 Å². The van der Waals surface area contributed by atoms with Gasteiger partial charge in [0.15, 0.2) is 0 Å². The van der Waals surface area contributed by atoms with Gasteiger partial charge >= 0.3 is 5.97 Å². The van der Waals surface area contributed by atoms with Crippen molar-refractivity contribution in [1.82, 2.24) is 9.99 Å². The quantitative estimate of drug-likeness (QED) is 0.770. The molecule has 5 heteroatoms. The van der Waals surface area contributed by atoms with Crippen LogP contribution in [0.25, 0.3) is 0 Å². The number of hydrazone groups is 1. The summed E-state index contributed by atoms with van der Waals surface area (Å²) in [7, 11) is 1.45. The van der Waals surface area contributed by atoms with Crippen molar-refractivity contribution in [3.63, 3.8) is 0 Å². The Bertz CT molecular complexity index is 483. The molecule has 1 unspecified atom stereocenters. The minimum absolute atomic E-state index is 0.0547. The van der Waals surface area contributed by atoms with Crippen molar-refractivity contribution in [1.29, 1.82) is 0 Å². The maximum absolute atomic E-state index is 11.4. The average Bonchev–Trinajstić information content (AvgIpc) is 2.87. The highest BCUT2D eigenvalue weighted by atomic mass is 16.5. The first kappa shape index (κ1) is 12.1. The number of methoxy groups -OCH3 is 1. The summed E-state index contributed by atoms with van der Waals surface area (Å²) >= 11 is 0. The molecule has 5 nitrogen and oxygen atoms in total. The summed E-state index contributed by atoms with van der Waals surface area (Å²) in [5, 5.41) is 6.53. The Morgan fingerprint density at radius 1 is 1.42 bits per heavy atom. The standard InChI is InChI=1S/C14H17N3O2/c1-19-14(18)10-6-12(7-10)17-9-11(8-16-17)13-4-2-3-5-15-13/h2-5,8,10-12H,6-7,9H2,1H3/t10-,11?,12-. The van der Waals surface area contributed by atoms with Crippen molar-refractivity contribution >= 4 is 12.2 Å². The van der Waals surface area contributed by atoms with Crippen molar-refractivity contribution in [3.8, 4) is 0 Å². The molecule has 19 heavy (non-hydrogen) atoms. The lowest BCUT2D eigenvalue weighted by atomic mass is 9.80. The van der Waals surface area contributed by atoms with E-state index in [0.29, 0.717) is 6.04 Å². The third-order valence-corrected chi connectivity index (χ3v) is 3.92. The van der Waals surface area contributed by atoms with Gasteiger partial charge in [-0.2, -0.15) is 5.10 Å². The highest BCUT2D eigenvalue weighted by Gasteiger charge is 2.40. The number of hydrogen-bond donors (Lipinski definition) is 0. The van der Waals surface area contributed by atoms with E-state index in [1.807, 2.05) is 30.6 Å². The van der Waals surface area contributed by atoms with Gasteiger partial charge in [0, 0.05) is 25.0 Å². The monoisotopic (exact) mass is 259 g/mol. The molecule has 1 aromatic heterocycles. The molecule has 1 aliphatic carbocycles. The van der Waals surface area contributed by atoms with Crippen LogP contribution in [-0.2, 0) is 9.53 Å². The highest BCUT2D eigenvalue weighted by Crippen LogP contribution is 2.35. The zero-order chi connectivity index (χ0) is 13.2. The van der Waals surface area contributed by atoms with E-state index in [1.165, 1.54) is 7.11 Å². The number of rotatable bonds is 3. The lowest BCUT2D eigenvalue weighted by molar-refractivity contribution is -0.150. The van der Waals surface area contributed by atoms with Crippen LogP contribution in [0, 0.1) is 5.92 Å². The molecule has 1 aromatic rings. The fourth-order valence-electron chi connectivity index (χ4n) is 2.66. The number of carbonyl (C=O) groups excluding carboxylic acids is 1. The van der Waals surface area contributed by atoms with E-state index in [-0.39, 0.29) is 17.8 Å². The fraction of sp³-hybridized carbons (Fsp3) is 0.500. The van der Waals surface area contributed by atoms with Crippen LogP contribution in [0.2, 0.25) is 0 Å². The Morgan fingerprint density at radius 2 is 2.26 bits per heavy atom. The van der Waals surface area contributed by atoms with Crippen molar-refractivity contribution in [2.45, 2.75) is 24.8 Å². The second-order valence-electron chi connectivity index (χ2n) is 5.09.